The Kier molecular flexibility index (Phi) is 4.54. The van der Waals surface area contributed by atoms with Crippen LogP contribution in [0.3, 0.4) is 0 Å². The molecule has 0 spiro atoms. The van der Waals surface area contributed by atoms with E-state index in [1.165, 1.54) is 10.1 Å². The molecule has 1 aromatic carbocycles. The average molecular weight is 260 g/mol. The first-order chi connectivity index (χ1) is 8.76. The van der Waals surface area contributed by atoms with Gasteiger partial charge in [0.2, 0.25) is 0 Å². The third kappa shape index (κ3) is 2.81. The molecule has 0 aliphatic carbocycles. The summed E-state index contributed by atoms with van der Waals surface area (Å²) in [4.78, 5) is 13.4. The number of benzene rings is 1. The summed E-state index contributed by atoms with van der Waals surface area (Å²) in [5.41, 5.74) is 0. The van der Waals surface area contributed by atoms with Gasteiger partial charge in [-0.2, -0.15) is 0 Å². The van der Waals surface area contributed by atoms with Gasteiger partial charge in [0.1, 0.15) is 0 Å². The molecule has 1 atom stereocenters. The molecular formula is C16H20OS. The first kappa shape index (κ1) is 13.3. The van der Waals surface area contributed by atoms with Gasteiger partial charge in [0.15, 0.2) is 5.78 Å². The van der Waals surface area contributed by atoms with Crippen LogP contribution in [-0.4, -0.2) is 5.78 Å². The maximum absolute atomic E-state index is 12.5. The Morgan fingerprint density at radius 1 is 1.28 bits per heavy atom. The molecule has 2 rings (SSSR count). The third-order valence-electron chi connectivity index (χ3n) is 3.44. The van der Waals surface area contributed by atoms with Crippen LogP contribution in [0, 0.1) is 5.92 Å². The van der Waals surface area contributed by atoms with Crippen molar-refractivity contribution < 1.29 is 4.79 Å². The molecule has 2 aromatic rings. The van der Waals surface area contributed by atoms with Crippen molar-refractivity contribution in [2.75, 3.05) is 0 Å². The number of carbonyl (C=O) groups excluding carboxylic acids is 1. The van der Waals surface area contributed by atoms with Crippen LogP contribution in [0.4, 0.5) is 0 Å². The summed E-state index contributed by atoms with van der Waals surface area (Å²) < 4.78 is 1.21. The number of hydrogen-bond acceptors (Lipinski definition) is 2. The van der Waals surface area contributed by atoms with Crippen molar-refractivity contribution in [2.45, 2.75) is 39.5 Å². The maximum atomic E-state index is 12.5. The topological polar surface area (TPSA) is 17.1 Å². The molecule has 0 N–H and O–H groups in total. The van der Waals surface area contributed by atoms with E-state index in [9.17, 15) is 4.79 Å². The van der Waals surface area contributed by atoms with Gasteiger partial charge >= 0.3 is 0 Å². The predicted octanol–water partition coefficient (Wildman–Crippen LogP) is 5.30. The van der Waals surface area contributed by atoms with Crippen LogP contribution in [0.25, 0.3) is 10.1 Å². The summed E-state index contributed by atoms with van der Waals surface area (Å²) in [6, 6.07) is 10.3. The summed E-state index contributed by atoms with van der Waals surface area (Å²) in [5.74, 6) is 0.546. The first-order valence-electron chi connectivity index (χ1n) is 6.79. The molecule has 0 aliphatic heterocycles. The van der Waals surface area contributed by atoms with Gasteiger partial charge in [-0.05, 0) is 30.4 Å². The zero-order valence-corrected chi connectivity index (χ0v) is 11.9. The van der Waals surface area contributed by atoms with E-state index < -0.39 is 0 Å². The van der Waals surface area contributed by atoms with Crippen molar-refractivity contribution in [3.8, 4) is 0 Å². The van der Waals surface area contributed by atoms with Gasteiger partial charge in [-0.15, -0.1) is 11.3 Å². The van der Waals surface area contributed by atoms with E-state index in [2.05, 4.69) is 32.0 Å². The van der Waals surface area contributed by atoms with Crippen LogP contribution in [0.5, 0.6) is 0 Å². The van der Waals surface area contributed by atoms with Gasteiger partial charge < -0.3 is 0 Å². The van der Waals surface area contributed by atoms with Crippen LogP contribution in [0.2, 0.25) is 0 Å². The van der Waals surface area contributed by atoms with Gasteiger partial charge in [0.25, 0.3) is 0 Å². The summed E-state index contributed by atoms with van der Waals surface area (Å²) in [6.45, 7) is 4.29. The Morgan fingerprint density at radius 2 is 2.06 bits per heavy atom. The molecular weight excluding hydrogens is 240 g/mol. The highest BCUT2D eigenvalue weighted by Crippen LogP contribution is 2.29. The number of unbranched alkanes of at least 4 members (excludes halogenated alkanes) is 1. The van der Waals surface area contributed by atoms with Crippen molar-refractivity contribution in [3.63, 3.8) is 0 Å². The molecule has 1 heterocycles. The largest absolute Gasteiger partial charge is 0.293 e. The van der Waals surface area contributed by atoms with Gasteiger partial charge in [0, 0.05) is 10.6 Å². The SMILES string of the molecule is CCCCC(CC)C(=O)c1cc2ccccc2s1. The molecule has 18 heavy (non-hydrogen) atoms. The van der Waals surface area contributed by atoms with Gasteiger partial charge in [-0.3, -0.25) is 4.79 Å². The molecule has 1 unspecified atom stereocenters. The molecule has 0 bridgehead atoms. The lowest BCUT2D eigenvalue weighted by atomic mass is 9.94. The number of carbonyl (C=O) groups is 1. The highest BCUT2D eigenvalue weighted by molar-refractivity contribution is 7.20. The molecule has 96 valence electrons. The van der Waals surface area contributed by atoms with E-state index in [0.717, 1.165) is 30.6 Å². The Labute approximate surface area is 113 Å². The quantitative estimate of drug-likeness (QED) is 0.644. The molecule has 1 nitrogen and oxygen atoms in total. The fourth-order valence-corrected chi connectivity index (χ4v) is 3.36. The van der Waals surface area contributed by atoms with Crippen molar-refractivity contribution in [3.05, 3.63) is 35.2 Å². The minimum absolute atomic E-state index is 0.206. The van der Waals surface area contributed by atoms with E-state index in [0.29, 0.717) is 5.78 Å². The molecule has 0 radical (unpaired) electrons. The van der Waals surface area contributed by atoms with E-state index in [1.807, 2.05) is 12.1 Å². The lowest BCUT2D eigenvalue weighted by Gasteiger charge is -2.11. The normalized spacial score (nSPS) is 12.8. The lowest BCUT2D eigenvalue weighted by Crippen LogP contribution is -2.12. The fourth-order valence-electron chi connectivity index (χ4n) is 2.28. The summed E-state index contributed by atoms with van der Waals surface area (Å²) in [7, 11) is 0. The van der Waals surface area contributed by atoms with E-state index in [4.69, 9.17) is 0 Å². The first-order valence-corrected chi connectivity index (χ1v) is 7.60. The van der Waals surface area contributed by atoms with Crippen LogP contribution in [0.1, 0.15) is 49.2 Å². The minimum Gasteiger partial charge on any atom is -0.293 e. The Bertz CT molecular complexity index is 494. The Balaban J connectivity index is 2.21. The molecule has 2 heteroatoms. The third-order valence-corrected chi connectivity index (χ3v) is 4.57. The molecule has 0 aliphatic rings. The molecule has 0 fully saturated rings. The minimum atomic E-state index is 0.206. The van der Waals surface area contributed by atoms with Crippen LogP contribution < -0.4 is 0 Å². The zero-order chi connectivity index (χ0) is 13.0. The smallest absolute Gasteiger partial charge is 0.175 e. The van der Waals surface area contributed by atoms with Crippen molar-refractivity contribution in [2.24, 2.45) is 5.92 Å². The number of Topliss-reactive ketones (excluding diaryl/α,β-unsaturated/α-hetero) is 1. The van der Waals surface area contributed by atoms with Gasteiger partial charge in [-0.1, -0.05) is 44.9 Å². The average Bonchev–Trinajstić information content (AvgIpc) is 2.83. The molecule has 0 amide bonds. The fraction of sp³-hybridized carbons (Fsp3) is 0.438. The summed E-state index contributed by atoms with van der Waals surface area (Å²) in [6.07, 6.45) is 4.29. The second kappa shape index (κ2) is 6.14. The predicted molar refractivity (Wildman–Crippen MR) is 79.5 cm³/mol. The second-order valence-corrected chi connectivity index (χ2v) is 5.84. The van der Waals surface area contributed by atoms with E-state index in [-0.39, 0.29) is 5.92 Å². The highest BCUT2D eigenvalue weighted by Gasteiger charge is 2.19. The van der Waals surface area contributed by atoms with Crippen LogP contribution >= 0.6 is 11.3 Å². The van der Waals surface area contributed by atoms with Crippen molar-refractivity contribution in [1.29, 1.82) is 0 Å². The Hall–Kier alpha value is -1.15. The van der Waals surface area contributed by atoms with Crippen molar-refractivity contribution in [1.82, 2.24) is 0 Å². The lowest BCUT2D eigenvalue weighted by molar-refractivity contribution is 0.0912. The number of ketones is 1. The number of rotatable bonds is 6. The molecule has 0 saturated heterocycles. The zero-order valence-electron chi connectivity index (χ0n) is 11.1. The number of hydrogen-bond donors (Lipinski definition) is 0. The van der Waals surface area contributed by atoms with Crippen LogP contribution in [0.15, 0.2) is 30.3 Å². The molecule has 1 aromatic heterocycles. The van der Waals surface area contributed by atoms with E-state index >= 15 is 0 Å². The second-order valence-electron chi connectivity index (χ2n) is 4.76. The summed E-state index contributed by atoms with van der Waals surface area (Å²) in [5, 5.41) is 1.19. The van der Waals surface area contributed by atoms with Crippen LogP contribution in [-0.2, 0) is 0 Å². The Morgan fingerprint density at radius 3 is 2.72 bits per heavy atom. The van der Waals surface area contributed by atoms with Crippen molar-refractivity contribution >= 4 is 27.2 Å². The van der Waals surface area contributed by atoms with Gasteiger partial charge in [0.05, 0.1) is 4.88 Å². The number of thiophene rings is 1. The molecule has 0 saturated carbocycles. The van der Waals surface area contributed by atoms with Gasteiger partial charge in [-0.25, -0.2) is 0 Å². The highest BCUT2D eigenvalue weighted by atomic mass is 32.1. The monoisotopic (exact) mass is 260 g/mol. The maximum Gasteiger partial charge on any atom is 0.175 e. The van der Waals surface area contributed by atoms with E-state index in [1.54, 1.807) is 11.3 Å². The standard InChI is InChI=1S/C16H20OS/c1-3-5-8-12(4-2)16(17)15-11-13-9-6-7-10-14(13)18-15/h6-7,9-12H,3-5,8H2,1-2H3. The number of fused-ring (bicyclic) bond motifs is 1. The summed E-state index contributed by atoms with van der Waals surface area (Å²) >= 11 is 1.63.